The van der Waals surface area contributed by atoms with Crippen molar-refractivity contribution in [3.63, 3.8) is 0 Å². The maximum atomic E-state index is 12.5. The maximum Gasteiger partial charge on any atom is 0.330 e. The molecule has 7 heteroatoms. The molecule has 1 aliphatic rings. The molecule has 23 heavy (non-hydrogen) atoms. The third-order valence-corrected chi connectivity index (χ3v) is 5.26. The van der Waals surface area contributed by atoms with Gasteiger partial charge in [0.15, 0.2) is 0 Å². The minimum Gasteiger partial charge on any atom is -0.463 e. The van der Waals surface area contributed by atoms with Crippen LogP contribution in [0.5, 0.6) is 0 Å². The van der Waals surface area contributed by atoms with Crippen LogP contribution in [0.25, 0.3) is 6.08 Å². The molecule has 1 aromatic rings. The lowest BCUT2D eigenvalue weighted by Crippen LogP contribution is -2.40. The van der Waals surface area contributed by atoms with E-state index in [1.165, 1.54) is 10.4 Å². The molecule has 0 N–H and O–H groups in total. The Morgan fingerprint density at radius 2 is 1.91 bits per heavy atom. The predicted octanol–water partition coefficient (Wildman–Crippen LogP) is 1.67. The average molecular weight is 339 g/mol. The van der Waals surface area contributed by atoms with Gasteiger partial charge in [-0.05, 0) is 30.2 Å². The smallest absolute Gasteiger partial charge is 0.330 e. The van der Waals surface area contributed by atoms with Gasteiger partial charge in [0.05, 0.1) is 24.7 Å². The van der Waals surface area contributed by atoms with Crippen molar-refractivity contribution < 1.29 is 22.7 Å². The zero-order valence-electron chi connectivity index (χ0n) is 13.1. The number of nitrogens with zero attached hydrogens (tertiary/aromatic N) is 1. The van der Waals surface area contributed by atoms with Crippen molar-refractivity contribution in [3.8, 4) is 0 Å². The van der Waals surface area contributed by atoms with Gasteiger partial charge in [0.25, 0.3) is 0 Å². The maximum absolute atomic E-state index is 12.5. The molecular weight excluding hydrogens is 318 g/mol. The summed E-state index contributed by atoms with van der Waals surface area (Å²) in [5.74, 6) is -0.406. The number of benzene rings is 1. The highest BCUT2D eigenvalue weighted by Crippen LogP contribution is 2.18. The lowest BCUT2D eigenvalue weighted by Gasteiger charge is -2.26. The van der Waals surface area contributed by atoms with Crippen LogP contribution in [0.2, 0.25) is 0 Å². The van der Waals surface area contributed by atoms with Crippen LogP contribution in [0.4, 0.5) is 0 Å². The van der Waals surface area contributed by atoms with Crippen molar-refractivity contribution in [3.05, 3.63) is 35.9 Å². The standard InChI is InChI=1S/C16H21NO5S/c1-2-11-22-16(18)8-5-14-3-6-15(7-4-14)23(19,20)17-9-12-21-13-10-17/h3-8H,2,9-13H2,1H3/b8-5-. The van der Waals surface area contributed by atoms with Crippen LogP contribution in [0.1, 0.15) is 18.9 Å². The summed E-state index contributed by atoms with van der Waals surface area (Å²) in [6, 6.07) is 6.41. The molecule has 6 nitrogen and oxygen atoms in total. The highest BCUT2D eigenvalue weighted by Gasteiger charge is 2.25. The number of hydrogen-bond acceptors (Lipinski definition) is 5. The number of carbonyl (C=O) groups is 1. The average Bonchev–Trinajstić information content (AvgIpc) is 2.59. The van der Waals surface area contributed by atoms with Crippen molar-refractivity contribution in [2.75, 3.05) is 32.9 Å². The summed E-state index contributed by atoms with van der Waals surface area (Å²) in [7, 11) is -3.48. The molecule has 0 saturated carbocycles. The molecule has 0 spiro atoms. The van der Waals surface area contributed by atoms with E-state index in [0.29, 0.717) is 32.9 Å². The zero-order chi connectivity index (χ0) is 16.7. The van der Waals surface area contributed by atoms with E-state index in [-0.39, 0.29) is 4.90 Å². The number of ether oxygens (including phenoxy) is 2. The lowest BCUT2D eigenvalue weighted by molar-refractivity contribution is -0.137. The Balaban J connectivity index is 2.04. The molecule has 0 aromatic heterocycles. The van der Waals surface area contributed by atoms with E-state index >= 15 is 0 Å². The second kappa shape index (κ2) is 8.24. The second-order valence-corrected chi connectivity index (χ2v) is 7.02. The van der Waals surface area contributed by atoms with Crippen molar-refractivity contribution in [2.24, 2.45) is 0 Å². The number of esters is 1. The minimum absolute atomic E-state index is 0.241. The number of rotatable bonds is 6. The van der Waals surface area contributed by atoms with Crippen LogP contribution in [-0.4, -0.2) is 51.6 Å². The van der Waals surface area contributed by atoms with E-state index in [1.807, 2.05) is 6.92 Å². The van der Waals surface area contributed by atoms with Crippen LogP contribution in [0, 0.1) is 0 Å². The lowest BCUT2D eigenvalue weighted by atomic mass is 10.2. The van der Waals surface area contributed by atoms with Gasteiger partial charge in [0, 0.05) is 19.2 Å². The molecule has 0 amide bonds. The van der Waals surface area contributed by atoms with Gasteiger partial charge in [0.2, 0.25) is 10.0 Å². The summed E-state index contributed by atoms with van der Waals surface area (Å²) in [5, 5.41) is 0. The Morgan fingerprint density at radius 3 is 2.52 bits per heavy atom. The molecule has 126 valence electrons. The van der Waals surface area contributed by atoms with Gasteiger partial charge in [-0.3, -0.25) is 0 Å². The fourth-order valence-corrected chi connectivity index (χ4v) is 3.51. The van der Waals surface area contributed by atoms with E-state index in [1.54, 1.807) is 30.3 Å². The molecule has 2 rings (SSSR count). The van der Waals surface area contributed by atoms with Gasteiger partial charge in [-0.2, -0.15) is 4.31 Å². The first-order valence-corrected chi connectivity index (χ1v) is 9.01. The highest BCUT2D eigenvalue weighted by molar-refractivity contribution is 7.89. The summed E-state index contributed by atoms with van der Waals surface area (Å²) in [4.78, 5) is 11.6. The number of carbonyl (C=O) groups excluding carboxylic acids is 1. The Bertz CT molecular complexity index is 646. The minimum atomic E-state index is -3.48. The number of sulfonamides is 1. The Hall–Kier alpha value is -1.70. The van der Waals surface area contributed by atoms with Crippen molar-refractivity contribution in [2.45, 2.75) is 18.2 Å². The molecule has 1 heterocycles. The van der Waals surface area contributed by atoms with Crippen molar-refractivity contribution in [1.82, 2.24) is 4.31 Å². The van der Waals surface area contributed by atoms with Gasteiger partial charge < -0.3 is 9.47 Å². The molecule has 1 saturated heterocycles. The first-order chi connectivity index (χ1) is 11.0. The molecular formula is C16H21NO5S. The topological polar surface area (TPSA) is 72.9 Å². The summed E-state index contributed by atoms with van der Waals surface area (Å²) >= 11 is 0. The summed E-state index contributed by atoms with van der Waals surface area (Å²) in [5.41, 5.74) is 0.736. The Labute approximate surface area is 136 Å². The van der Waals surface area contributed by atoms with E-state index in [2.05, 4.69) is 0 Å². The summed E-state index contributed by atoms with van der Waals surface area (Å²) in [6.07, 6.45) is 3.71. The first kappa shape index (κ1) is 17.7. The van der Waals surface area contributed by atoms with Crippen LogP contribution in [-0.2, 0) is 24.3 Å². The largest absolute Gasteiger partial charge is 0.463 e. The van der Waals surface area contributed by atoms with Gasteiger partial charge in [-0.25, -0.2) is 13.2 Å². The molecule has 0 aliphatic carbocycles. The molecule has 1 aliphatic heterocycles. The predicted molar refractivity (Wildman–Crippen MR) is 86.3 cm³/mol. The number of morpholine rings is 1. The Morgan fingerprint density at radius 1 is 1.26 bits per heavy atom. The molecule has 0 unspecified atom stereocenters. The first-order valence-electron chi connectivity index (χ1n) is 7.57. The van der Waals surface area contributed by atoms with Gasteiger partial charge in [0.1, 0.15) is 0 Å². The SMILES string of the molecule is CCCOC(=O)/C=C\c1ccc(S(=O)(=O)N2CCOCC2)cc1. The van der Waals surface area contributed by atoms with Crippen LogP contribution in [0.15, 0.2) is 35.2 Å². The number of hydrogen-bond donors (Lipinski definition) is 0. The van der Waals surface area contributed by atoms with E-state index in [4.69, 9.17) is 9.47 Å². The fraction of sp³-hybridized carbons (Fsp3) is 0.438. The fourth-order valence-electron chi connectivity index (χ4n) is 2.10. The van der Waals surface area contributed by atoms with E-state index < -0.39 is 16.0 Å². The van der Waals surface area contributed by atoms with E-state index in [0.717, 1.165) is 12.0 Å². The molecule has 0 radical (unpaired) electrons. The molecule has 1 fully saturated rings. The van der Waals surface area contributed by atoms with Crippen LogP contribution >= 0.6 is 0 Å². The third kappa shape index (κ3) is 4.89. The quantitative estimate of drug-likeness (QED) is 0.582. The Kier molecular flexibility index (Phi) is 6.32. The van der Waals surface area contributed by atoms with Gasteiger partial charge in [-0.15, -0.1) is 0 Å². The second-order valence-electron chi connectivity index (χ2n) is 5.09. The third-order valence-electron chi connectivity index (χ3n) is 3.35. The van der Waals surface area contributed by atoms with Gasteiger partial charge in [-0.1, -0.05) is 19.1 Å². The monoisotopic (exact) mass is 339 g/mol. The molecule has 0 atom stereocenters. The zero-order valence-corrected chi connectivity index (χ0v) is 13.9. The summed E-state index contributed by atoms with van der Waals surface area (Å²) < 4.78 is 36.4. The normalized spacial score (nSPS) is 16.6. The summed E-state index contributed by atoms with van der Waals surface area (Å²) in [6.45, 7) is 3.88. The van der Waals surface area contributed by atoms with Gasteiger partial charge >= 0.3 is 5.97 Å². The van der Waals surface area contributed by atoms with Crippen LogP contribution in [0.3, 0.4) is 0 Å². The van der Waals surface area contributed by atoms with Crippen LogP contribution < -0.4 is 0 Å². The van der Waals surface area contributed by atoms with Crippen molar-refractivity contribution in [1.29, 1.82) is 0 Å². The molecule has 1 aromatic carbocycles. The van der Waals surface area contributed by atoms with E-state index in [9.17, 15) is 13.2 Å². The van der Waals surface area contributed by atoms with Crippen molar-refractivity contribution >= 4 is 22.1 Å². The highest BCUT2D eigenvalue weighted by atomic mass is 32.2. The molecule has 0 bridgehead atoms.